The molecular formula is C54H66N3O9S4+. The maximum Gasteiger partial charge on any atom is 0.326 e. The van der Waals surface area contributed by atoms with Gasteiger partial charge >= 0.3 is 5.97 Å². The van der Waals surface area contributed by atoms with E-state index >= 15 is 0 Å². The molecule has 1 amide bonds. The standard InChI is InChI=1S/C54H65N3O9S4/c1-53(2)46(56(31-10-12-35-69(61,62)63)44-25-21-37-15-6-8-19-41(37)49(44)53)27-23-39-17-14-18-40(51(39)68-34-30-48(58)55-43(52(59)60)29-33-67-5)24-28-47-54(3,4)50-42-20-9-7-16-38(42)22-26-45(50)57(47)32-11-13-36-70(64,65)66/h6-9,15-16,19-28,43H,10-14,17-18,29-36H2,1-5H3,(H3-,55,58,59,60,61,62,63,64,65,66)/p+1/t43-/m0/s1. The SMILES string of the molecule is CSCC[C@H](NC(=O)CCSC1=C(C=CC2=[N+](CCCCS(=O)(=O)O)c3ccc4ccccc4c3C2(C)C)CCCC1=CC=C1N(CCCCS(=O)(=O)O)c2ccc3ccccc3c2C1(C)C)C(=O)O. The molecule has 374 valence electrons. The Balaban J connectivity index is 1.30. The number of rotatable bonds is 22. The molecule has 12 nitrogen and oxygen atoms in total. The lowest BCUT2D eigenvalue weighted by Crippen LogP contribution is -2.41. The molecule has 0 unspecified atom stereocenters. The first-order valence-corrected chi connectivity index (χ1v) is 29.6. The summed E-state index contributed by atoms with van der Waals surface area (Å²) in [6.45, 7) is 9.98. The molecule has 0 saturated carbocycles. The van der Waals surface area contributed by atoms with Crippen LogP contribution in [0.25, 0.3) is 21.5 Å². The summed E-state index contributed by atoms with van der Waals surface area (Å²) in [5.74, 6) is -0.958. The van der Waals surface area contributed by atoms with Crippen LogP contribution in [0.5, 0.6) is 0 Å². The number of carbonyl (C=O) groups excluding carboxylic acids is 1. The number of carboxylic acids is 1. The third-order valence-corrected chi connectivity index (χ3v) is 17.2. The zero-order chi connectivity index (χ0) is 50.4. The van der Waals surface area contributed by atoms with Crippen LogP contribution in [-0.4, -0.2) is 102 Å². The molecule has 0 spiro atoms. The second-order valence-electron chi connectivity index (χ2n) is 19.4. The first-order valence-electron chi connectivity index (χ1n) is 24.1. The molecule has 0 radical (unpaired) electrons. The molecule has 0 fully saturated rings. The molecule has 0 saturated heterocycles. The van der Waals surface area contributed by atoms with E-state index in [2.05, 4.69) is 115 Å². The van der Waals surface area contributed by atoms with Crippen molar-refractivity contribution in [3.05, 3.63) is 130 Å². The van der Waals surface area contributed by atoms with Gasteiger partial charge in [-0.25, -0.2) is 4.79 Å². The van der Waals surface area contributed by atoms with Crippen LogP contribution in [-0.2, 0) is 40.7 Å². The van der Waals surface area contributed by atoms with E-state index in [0.717, 1.165) is 79.6 Å². The molecule has 4 aromatic carbocycles. The topological polar surface area (TPSA) is 181 Å². The van der Waals surface area contributed by atoms with Crippen molar-refractivity contribution in [3.63, 3.8) is 0 Å². The largest absolute Gasteiger partial charge is 0.480 e. The Bertz CT molecular complexity index is 3040. The van der Waals surface area contributed by atoms with E-state index in [1.165, 1.54) is 22.9 Å². The van der Waals surface area contributed by atoms with E-state index in [1.807, 2.05) is 30.5 Å². The lowest BCUT2D eigenvalue weighted by atomic mass is 9.78. The van der Waals surface area contributed by atoms with Crippen molar-refractivity contribution in [1.29, 1.82) is 0 Å². The van der Waals surface area contributed by atoms with E-state index in [-0.39, 0.29) is 23.8 Å². The summed E-state index contributed by atoms with van der Waals surface area (Å²) >= 11 is 3.13. The maximum absolute atomic E-state index is 13.3. The van der Waals surface area contributed by atoms with Crippen molar-refractivity contribution in [3.8, 4) is 0 Å². The Morgan fingerprint density at radius 1 is 0.786 bits per heavy atom. The second kappa shape index (κ2) is 22.4. The number of allylic oxidation sites excluding steroid dienone is 7. The van der Waals surface area contributed by atoms with Crippen molar-refractivity contribution in [2.45, 2.75) is 102 Å². The van der Waals surface area contributed by atoms with Gasteiger partial charge in [0, 0.05) is 64.5 Å². The van der Waals surface area contributed by atoms with Crippen LogP contribution >= 0.6 is 23.5 Å². The molecule has 2 aliphatic heterocycles. The third-order valence-electron chi connectivity index (χ3n) is 13.8. The predicted molar refractivity (Wildman–Crippen MR) is 288 cm³/mol. The van der Waals surface area contributed by atoms with Gasteiger partial charge in [-0.15, -0.1) is 11.8 Å². The summed E-state index contributed by atoms with van der Waals surface area (Å²) in [6, 6.07) is 24.2. The van der Waals surface area contributed by atoms with Crippen LogP contribution in [0.15, 0.2) is 119 Å². The monoisotopic (exact) mass is 1030 g/mol. The van der Waals surface area contributed by atoms with Crippen molar-refractivity contribution >= 4 is 94.3 Å². The normalized spacial score (nSPS) is 18.4. The average Bonchev–Trinajstić information content (AvgIpc) is 3.66. The van der Waals surface area contributed by atoms with Gasteiger partial charge in [-0.1, -0.05) is 80.6 Å². The molecule has 70 heavy (non-hydrogen) atoms. The Morgan fingerprint density at radius 3 is 2.09 bits per heavy atom. The molecule has 2 heterocycles. The Morgan fingerprint density at radius 2 is 1.43 bits per heavy atom. The third kappa shape index (κ3) is 12.3. The lowest BCUT2D eigenvalue weighted by molar-refractivity contribution is -0.438. The van der Waals surface area contributed by atoms with E-state index in [4.69, 9.17) is 0 Å². The molecule has 7 rings (SSSR count). The van der Waals surface area contributed by atoms with E-state index in [1.54, 1.807) is 11.8 Å². The lowest BCUT2D eigenvalue weighted by Gasteiger charge is -2.28. The smallest absolute Gasteiger partial charge is 0.326 e. The number of hydrogen-bond donors (Lipinski definition) is 4. The summed E-state index contributed by atoms with van der Waals surface area (Å²) in [7, 11) is -8.20. The number of hydrogen-bond acceptors (Lipinski definition) is 9. The second-order valence-corrected chi connectivity index (χ2v) is 24.6. The van der Waals surface area contributed by atoms with E-state index in [0.29, 0.717) is 56.7 Å². The quantitative estimate of drug-likeness (QED) is 0.0333. The number of amides is 1. The fourth-order valence-electron chi connectivity index (χ4n) is 10.4. The molecule has 1 atom stereocenters. The van der Waals surface area contributed by atoms with Gasteiger partial charge in [-0.2, -0.15) is 33.2 Å². The van der Waals surface area contributed by atoms with Crippen LogP contribution in [0.1, 0.15) is 96.6 Å². The van der Waals surface area contributed by atoms with Crippen LogP contribution < -0.4 is 10.2 Å². The highest BCUT2D eigenvalue weighted by atomic mass is 32.2. The molecule has 0 bridgehead atoms. The van der Waals surface area contributed by atoms with Gasteiger partial charge in [-0.3, -0.25) is 13.9 Å². The van der Waals surface area contributed by atoms with Gasteiger partial charge in [0.25, 0.3) is 20.2 Å². The van der Waals surface area contributed by atoms with Gasteiger partial charge in [-0.05, 0) is 127 Å². The summed E-state index contributed by atoms with van der Waals surface area (Å²) in [4.78, 5) is 28.7. The summed E-state index contributed by atoms with van der Waals surface area (Å²) < 4.78 is 68.1. The van der Waals surface area contributed by atoms with Crippen molar-refractivity contribution in [1.82, 2.24) is 5.32 Å². The molecule has 3 aliphatic rings. The molecular weight excluding hydrogens is 963 g/mol. The van der Waals surface area contributed by atoms with Crippen molar-refractivity contribution in [2.24, 2.45) is 0 Å². The van der Waals surface area contributed by atoms with Crippen molar-refractivity contribution < 1.29 is 45.2 Å². The van der Waals surface area contributed by atoms with Gasteiger partial charge < -0.3 is 15.3 Å². The van der Waals surface area contributed by atoms with E-state index in [9.17, 15) is 40.6 Å². The number of fused-ring (bicyclic) bond motifs is 6. The first kappa shape index (κ1) is 53.1. The minimum atomic E-state index is -4.10. The van der Waals surface area contributed by atoms with Gasteiger partial charge in [0.15, 0.2) is 5.71 Å². The number of nitrogens with one attached hydrogen (secondary N) is 1. The minimum absolute atomic E-state index is 0.124. The fraction of sp³-hybridized carbons (Fsp3) is 0.426. The first-order chi connectivity index (χ1) is 33.2. The predicted octanol–water partition coefficient (Wildman–Crippen LogP) is 10.8. The van der Waals surface area contributed by atoms with Gasteiger partial charge in [0.1, 0.15) is 12.6 Å². The molecule has 16 heteroatoms. The number of carboxylic acid groups (broad SMARTS) is 1. The Kier molecular flexibility index (Phi) is 17.0. The summed E-state index contributed by atoms with van der Waals surface area (Å²) in [5, 5.41) is 17.1. The van der Waals surface area contributed by atoms with Crippen LogP contribution in [0.3, 0.4) is 0 Å². The molecule has 4 aromatic rings. The number of nitrogens with zero attached hydrogens (tertiary/aromatic N) is 2. The molecule has 1 aliphatic carbocycles. The number of carbonyl (C=O) groups is 2. The van der Waals surface area contributed by atoms with Crippen molar-refractivity contribution in [2.75, 3.05) is 47.3 Å². The molecule has 4 N–H and O–H groups in total. The fourth-order valence-corrected chi connectivity index (χ4v) is 13.2. The van der Waals surface area contributed by atoms with Crippen LogP contribution in [0, 0.1) is 0 Å². The summed E-state index contributed by atoms with van der Waals surface area (Å²) in [6.07, 6.45) is 15.3. The number of thioether (sulfide) groups is 2. The van der Waals surface area contributed by atoms with Crippen LogP contribution in [0.4, 0.5) is 11.4 Å². The Labute approximate surface area is 422 Å². The minimum Gasteiger partial charge on any atom is -0.480 e. The average molecular weight is 1030 g/mol. The maximum atomic E-state index is 13.3. The summed E-state index contributed by atoms with van der Waals surface area (Å²) in [5.41, 5.74) is 7.99. The molecule has 0 aromatic heterocycles. The highest BCUT2D eigenvalue weighted by Gasteiger charge is 2.46. The number of benzene rings is 4. The van der Waals surface area contributed by atoms with Gasteiger partial charge in [0.2, 0.25) is 11.6 Å². The zero-order valence-electron chi connectivity index (χ0n) is 40.7. The zero-order valence-corrected chi connectivity index (χ0v) is 44.0. The Hall–Kier alpha value is -4.71. The highest BCUT2D eigenvalue weighted by molar-refractivity contribution is 8.03. The number of unbranched alkanes of at least 4 members (excludes halogenated alkanes) is 2. The van der Waals surface area contributed by atoms with E-state index < -0.39 is 43.1 Å². The van der Waals surface area contributed by atoms with Gasteiger partial charge in [0.05, 0.1) is 16.9 Å². The number of aliphatic carboxylic acids is 1. The number of anilines is 1. The highest BCUT2D eigenvalue weighted by Crippen LogP contribution is 2.51. The van der Waals surface area contributed by atoms with Crippen LogP contribution in [0.2, 0.25) is 0 Å².